The molecule has 0 aliphatic heterocycles. The van der Waals surface area contributed by atoms with Gasteiger partial charge in [0.15, 0.2) is 0 Å². The predicted molar refractivity (Wildman–Crippen MR) is 62.2 cm³/mol. The van der Waals surface area contributed by atoms with E-state index < -0.39 is 0 Å². The third kappa shape index (κ3) is 1.38. The molecule has 0 spiro atoms. The topological polar surface area (TPSA) is 38.9 Å². The van der Waals surface area contributed by atoms with Crippen molar-refractivity contribution in [3.63, 3.8) is 0 Å². The van der Waals surface area contributed by atoms with Crippen molar-refractivity contribution in [1.82, 2.24) is 4.98 Å². The van der Waals surface area contributed by atoms with E-state index in [1.165, 1.54) is 6.20 Å². The Bertz CT molecular complexity index is 398. The maximum atomic E-state index is 13.6. The number of nitrogens with two attached hydrogens (primary N) is 1. The quantitative estimate of drug-likeness (QED) is 0.835. The van der Waals surface area contributed by atoms with Gasteiger partial charge in [-0.3, -0.25) is 4.98 Å². The van der Waals surface area contributed by atoms with Gasteiger partial charge in [0.25, 0.3) is 0 Å². The van der Waals surface area contributed by atoms with Crippen LogP contribution in [0, 0.1) is 22.6 Å². The van der Waals surface area contributed by atoms with Crippen LogP contribution in [0.3, 0.4) is 0 Å². The number of halogens is 1. The van der Waals surface area contributed by atoms with Gasteiger partial charge in [-0.15, -0.1) is 0 Å². The Kier molecular flexibility index (Phi) is 2.35. The van der Waals surface area contributed by atoms with Gasteiger partial charge in [-0.25, -0.2) is 4.39 Å². The Morgan fingerprint density at radius 1 is 1.31 bits per heavy atom. The number of hydrogen-bond donors (Lipinski definition) is 1. The first kappa shape index (κ1) is 11.5. The largest absolute Gasteiger partial charge is 0.324 e. The lowest BCUT2D eigenvalue weighted by atomic mass is 9.98. The Morgan fingerprint density at radius 2 is 1.88 bits per heavy atom. The maximum Gasteiger partial charge on any atom is 0.146 e. The number of aromatic nitrogens is 1. The molecule has 2 nitrogen and oxygen atoms in total. The molecule has 1 saturated carbocycles. The smallest absolute Gasteiger partial charge is 0.146 e. The van der Waals surface area contributed by atoms with E-state index in [1.807, 2.05) is 0 Å². The van der Waals surface area contributed by atoms with E-state index in [9.17, 15) is 4.39 Å². The molecule has 3 heteroatoms. The summed E-state index contributed by atoms with van der Waals surface area (Å²) in [4.78, 5) is 3.75. The van der Waals surface area contributed by atoms with Crippen molar-refractivity contribution >= 4 is 0 Å². The predicted octanol–water partition coefficient (Wildman–Crippen LogP) is 2.90. The van der Waals surface area contributed by atoms with E-state index in [4.69, 9.17) is 5.73 Å². The highest BCUT2D eigenvalue weighted by molar-refractivity contribution is 5.26. The van der Waals surface area contributed by atoms with E-state index in [-0.39, 0.29) is 22.7 Å². The first-order chi connectivity index (χ1) is 7.30. The van der Waals surface area contributed by atoms with Gasteiger partial charge in [0, 0.05) is 17.8 Å². The highest BCUT2D eigenvalue weighted by Gasteiger charge is 2.66. The fourth-order valence-electron chi connectivity index (χ4n) is 2.98. The zero-order valence-corrected chi connectivity index (χ0v) is 10.3. The highest BCUT2D eigenvalue weighted by Crippen LogP contribution is 2.71. The molecule has 0 aromatic carbocycles. The van der Waals surface area contributed by atoms with Crippen LogP contribution in [0.2, 0.25) is 0 Å². The summed E-state index contributed by atoms with van der Waals surface area (Å²) in [6.07, 6.45) is 2.83. The number of rotatable bonds is 2. The Balaban J connectivity index is 2.29. The molecule has 2 N–H and O–H groups in total. The minimum absolute atomic E-state index is 0.169. The fraction of sp³-hybridized carbons (Fsp3) is 0.615. The van der Waals surface area contributed by atoms with E-state index in [1.54, 1.807) is 12.3 Å². The molecule has 1 heterocycles. The zero-order chi connectivity index (χ0) is 12.1. The zero-order valence-electron chi connectivity index (χ0n) is 10.3. The number of pyridine rings is 1. The van der Waals surface area contributed by atoms with Crippen molar-refractivity contribution < 1.29 is 4.39 Å². The minimum atomic E-state index is -0.298. The summed E-state index contributed by atoms with van der Waals surface area (Å²) in [5.41, 5.74) is 7.10. The molecule has 1 atom stereocenters. The number of hydrogen-bond acceptors (Lipinski definition) is 2. The number of nitrogens with zero attached hydrogens (tertiary/aromatic N) is 1. The van der Waals surface area contributed by atoms with Gasteiger partial charge < -0.3 is 5.73 Å². The van der Waals surface area contributed by atoms with Gasteiger partial charge in [-0.1, -0.05) is 27.7 Å². The molecule has 2 rings (SSSR count). The Labute approximate surface area is 96.1 Å². The molecule has 1 fully saturated rings. The maximum absolute atomic E-state index is 13.6. The molecule has 0 amide bonds. The summed E-state index contributed by atoms with van der Waals surface area (Å²) >= 11 is 0. The van der Waals surface area contributed by atoms with Gasteiger partial charge >= 0.3 is 0 Å². The average molecular weight is 222 g/mol. The second-order valence-electron chi connectivity index (χ2n) is 5.84. The second-order valence-corrected chi connectivity index (χ2v) is 5.84. The van der Waals surface area contributed by atoms with Crippen molar-refractivity contribution in [1.29, 1.82) is 0 Å². The molecular formula is C13H19FN2. The SMILES string of the molecule is CC1(C)C(C(N)c2ccncc2F)C1(C)C. The molecule has 16 heavy (non-hydrogen) atoms. The van der Waals surface area contributed by atoms with Gasteiger partial charge in [0.05, 0.1) is 6.20 Å². The second kappa shape index (κ2) is 3.27. The first-order valence-corrected chi connectivity index (χ1v) is 5.65. The minimum Gasteiger partial charge on any atom is -0.324 e. The summed E-state index contributed by atoms with van der Waals surface area (Å²) in [5, 5.41) is 0. The van der Waals surface area contributed by atoms with Crippen LogP contribution in [0.1, 0.15) is 39.3 Å². The molecule has 1 aliphatic rings. The van der Waals surface area contributed by atoms with E-state index in [0.29, 0.717) is 11.5 Å². The fourth-order valence-corrected chi connectivity index (χ4v) is 2.98. The molecule has 0 saturated heterocycles. The van der Waals surface area contributed by atoms with Crippen LogP contribution in [0.5, 0.6) is 0 Å². The van der Waals surface area contributed by atoms with E-state index >= 15 is 0 Å². The molecule has 88 valence electrons. The molecule has 1 unspecified atom stereocenters. The van der Waals surface area contributed by atoms with Gasteiger partial charge in [-0.2, -0.15) is 0 Å². The van der Waals surface area contributed by atoms with Crippen LogP contribution in [-0.4, -0.2) is 4.98 Å². The first-order valence-electron chi connectivity index (χ1n) is 5.65. The summed E-state index contributed by atoms with van der Waals surface area (Å²) < 4.78 is 13.6. The molecule has 0 bridgehead atoms. The highest BCUT2D eigenvalue weighted by atomic mass is 19.1. The van der Waals surface area contributed by atoms with Crippen molar-refractivity contribution in [3.05, 3.63) is 29.8 Å². The average Bonchev–Trinajstić information content (AvgIpc) is 2.57. The summed E-state index contributed by atoms with van der Waals surface area (Å²) in [7, 11) is 0. The van der Waals surface area contributed by atoms with Crippen LogP contribution >= 0.6 is 0 Å². The normalized spacial score (nSPS) is 24.1. The lowest BCUT2D eigenvalue weighted by molar-refractivity contribution is 0.457. The summed E-state index contributed by atoms with van der Waals surface area (Å²) in [6, 6.07) is 1.44. The summed E-state index contributed by atoms with van der Waals surface area (Å²) in [5.74, 6) is 0.0189. The molecule has 0 radical (unpaired) electrons. The van der Waals surface area contributed by atoms with Crippen molar-refractivity contribution in [2.45, 2.75) is 33.7 Å². The van der Waals surface area contributed by atoms with Crippen LogP contribution in [-0.2, 0) is 0 Å². The van der Waals surface area contributed by atoms with E-state index in [2.05, 4.69) is 32.7 Å². The third-order valence-corrected chi connectivity index (χ3v) is 4.65. The van der Waals surface area contributed by atoms with E-state index in [0.717, 1.165) is 0 Å². The lowest BCUT2D eigenvalue weighted by Crippen LogP contribution is -2.18. The van der Waals surface area contributed by atoms with Crippen molar-refractivity contribution in [2.75, 3.05) is 0 Å². The van der Waals surface area contributed by atoms with Crippen LogP contribution in [0.25, 0.3) is 0 Å². The standard InChI is InChI=1S/C13H19FN2/c1-12(2)11(13(12,3)4)10(15)8-5-6-16-7-9(8)14/h5-7,10-11H,15H2,1-4H3. The lowest BCUT2D eigenvalue weighted by Gasteiger charge is -2.14. The Hall–Kier alpha value is -0.960. The molecule has 1 aromatic heterocycles. The van der Waals surface area contributed by atoms with Gasteiger partial charge in [0.1, 0.15) is 5.82 Å². The van der Waals surface area contributed by atoms with Crippen LogP contribution in [0.15, 0.2) is 18.5 Å². The molecule has 1 aliphatic carbocycles. The van der Waals surface area contributed by atoms with Crippen LogP contribution in [0.4, 0.5) is 4.39 Å². The van der Waals surface area contributed by atoms with Crippen molar-refractivity contribution in [3.8, 4) is 0 Å². The van der Waals surface area contributed by atoms with Crippen molar-refractivity contribution in [2.24, 2.45) is 22.5 Å². The molecular weight excluding hydrogens is 203 g/mol. The third-order valence-electron chi connectivity index (χ3n) is 4.65. The molecule has 1 aromatic rings. The van der Waals surface area contributed by atoms with Gasteiger partial charge in [-0.05, 0) is 22.8 Å². The van der Waals surface area contributed by atoms with Crippen LogP contribution < -0.4 is 5.73 Å². The Morgan fingerprint density at radius 3 is 2.31 bits per heavy atom. The monoisotopic (exact) mass is 222 g/mol. The summed E-state index contributed by atoms with van der Waals surface area (Å²) in [6.45, 7) is 8.76. The van der Waals surface area contributed by atoms with Gasteiger partial charge in [0.2, 0.25) is 0 Å².